The van der Waals surface area contributed by atoms with Crippen molar-refractivity contribution in [3.8, 4) is 5.75 Å². The normalized spacial score (nSPS) is 10.3. The summed E-state index contributed by atoms with van der Waals surface area (Å²) in [5.41, 5.74) is 6.65. The first kappa shape index (κ1) is 20.0. The van der Waals surface area contributed by atoms with Crippen molar-refractivity contribution in [1.29, 1.82) is 0 Å². The molecule has 0 radical (unpaired) electrons. The topological polar surface area (TPSA) is 111 Å². The number of rotatable bonds is 8. The minimum absolute atomic E-state index is 0.0887. The van der Waals surface area contributed by atoms with E-state index in [9.17, 15) is 14.4 Å². The van der Waals surface area contributed by atoms with Crippen molar-refractivity contribution < 1.29 is 19.1 Å². The highest BCUT2D eigenvalue weighted by Gasteiger charge is 2.11. The van der Waals surface area contributed by atoms with Crippen LogP contribution in [0.1, 0.15) is 30.6 Å². The second-order valence-corrected chi connectivity index (χ2v) is 6.24. The zero-order valence-electron chi connectivity index (χ0n) is 15.3. The number of hydrogen-bond donors (Lipinski definition) is 3. The average molecular weight is 369 g/mol. The predicted molar refractivity (Wildman–Crippen MR) is 104 cm³/mol. The number of carbonyl (C=O) groups is 3. The van der Waals surface area contributed by atoms with Gasteiger partial charge >= 0.3 is 0 Å². The second-order valence-electron chi connectivity index (χ2n) is 6.24. The van der Waals surface area contributed by atoms with E-state index >= 15 is 0 Å². The Bertz CT molecular complexity index is 816. The van der Waals surface area contributed by atoms with Gasteiger partial charge in [-0.25, -0.2) is 0 Å². The molecule has 2 aromatic rings. The molecule has 0 unspecified atom stereocenters. The van der Waals surface area contributed by atoms with Crippen molar-refractivity contribution in [3.05, 3.63) is 54.1 Å². The molecule has 3 amide bonds. The molecule has 0 fully saturated rings. The fourth-order valence-electron chi connectivity index (χ4n) is 2.14. The Balaban J connectivity index is 2.02. The fourth-order valence-corrected chi connectivity index (χ4v) is 2.14. The Labute approximate surface area is 157 Å². The molecule has 0 heterocycles. The molecule has 142 valence electrons. The van der Waals surface area contributed by atoms with Crippen LogP contribution in [0.25, 0.3) is 0 Å². The van der Waals surface area contributed by atoms with Crippen LogP contribution < -0.4 is 21.1 Å². The Kier molecular flexibility index (Phi) is 6.93. The summed E-state index contributed by atoms with van der Waals surface area (Å²) in [5.74, 6) is -0.537. The number of anilines is 2. The van der Waals surface area contributed by atoms with Crippen molar-refractivity contribution in [2.75, 3.05) is 17.2 Å². The lowest BCUT2D eigenvalue weighted by molar-refractivity contribution is -0.119. The van der Waals surface area contributed by atoms with Crippen LogP contribution in [0, 0.1) is 5.92 Å². The molecule has 7 nitrogen and oxygen atoms in total. The van der Waals surface area contributed by atoms with Gasteiger partial charge in [-0.05, 0) is 36.4 Å². The molecular weight excluding hydrogens is 346 g/mol. The summed E-state index contributed by atoms with van der Waals surface area (Å²) in [6, 6.07) is 13.5. The lowest BCUT2D eigenvalue weighted by Crippen LogP contribution is -2.18. The maximum Gasteiger partial charge on any atom is 0.255 e. The number of nitrogens with one attached hydrogen (secondary N) is 2. The number of amides is 3. The van der Waals surface area contributed by atoms with Gasteiger partial charge in [0.25, 0.3) is 5.91 Å². The van der Waals surface area contributed by atoms with E-state index in [0.717, 1.165) is 0 Å². The summed E-state index contributed by atoms with van der Waals surface area (Å²) < 4.78 is 5.51. The first-order valence-corrected chi connectivity index (χ1v) is 8.59. The molecule has 0 saturated heterocycles. The minimum Gasteiger partial charge on any atom is -0.491 e. The lowest BCUT2D eigenvalue weighted by atomic mass is 10.1. The van der Waals surface area contributed by atoms with Crippen molar-refractivity contribution in [2.24, 2.45) is 11.7 Å². The largest absolute Gasteiger partial charge is 0.491 e. The van der Waals surface area contributed by atoms with Crippen LogP contribution in [0.4, 0.5) is 11.4 Å². The van der Waals surface area contributed by atoms with Gasteiger partial charge in [-0.3, -0.25) is 14.4 Å². The number of hydrogen-bond acceptors (Lipinski definition) is 4. The summed E-state index contributed by atoms with van der Waals surface area (Å²) in [4.78, 5) is 35.0. The van der Waals surface area contributed by atoms with Gasteiger partial charge in [0.2, 0.25) is 11.8 Å². The number of para-hydroxylation sites is 2. The summed E-state index contributed by atoms with van der Waals surface area (Å²) >= 11 is 0. The molecule has 0 aliphatic heterocycles. The Morgan fingerprint density at radius 2 is 1.67 bits per heavy atom. The molecule has 0 saturated carbocycles. The van der Waals surface area contributed by atoms with Crippen LogP contribution >= 0.6 is 0 Å². The highest BCUT2D eigenvalue weighted by molar-refractivity contribution is 6.05. The fraction of sp³-hybridized carbons (Fsp3) is 0.250. The van der Waals surface area contributed by atoms with Gasteiger partial charge < -0.3 is 21.1 Å². The zero-order valence-corrected chi connectivity index (χ0v) is 15.3. The number of primary amides is 1. The van der Waals surface area contributed by atoms with Crippen LogP contribution in [0.5, 0.6) is 5.75 Å². The van der Waals surface area contributed by atoms with Gasteiger partial charge in [0.1, 0.15) is 5.75 Å². The van der Waals surface area contributed by atoms with E-state index in [4.69, 9.17) is 10.5 Å². The molecule has 0 aliphatic carbocycles. The predicted octanol–water partition coefficient (Wildman–Crippen LogP) is 2.79. The highest BCUT2D eigenvalue weighted by Crippen LogP contribution is 2.24. The summed E-state index contributed by atoms with van der Waals surface area (Å²) in [5, 5.41) is 5.55. The number of nitrogens with two attached hydrogens (primary N) is 1. The number of benzene rings is 2. The third-order valence-corrected chi connectivity index (χ3v) is 3.68. The van der Waals surface area contributed by atoms with Crippen molar-refractivity contribution in [3.63, 3.8) is 0 Å². The van der Waals surface area contributed by atoms with E-state index in [1.54, 1.807) is 62.4 Å². The Hall–Kier alpha value is -3.35. The lowest BCUT2D eigenvalue weighted by Gasteiger charge is -2.12. The number of carbonyl (C=O) groups excluding carboxylic acids is 3. The summed E-state index contributed by atoms with van der Waals surface area (Å²) in [7, 11) is 0. The van der Waals surface area contributed by atoms with E-state index in [1.165, 1.54) is 0 Å². The van der Waals surface area contributed by atoms with Crippen LogP contribution in [0.3, 0.4) is 0 Å². The maximum atomic E-state index is 12.5. The van der Waals surface area contributed by atoms with Gasteiger partial charge in [-0.15, -0.1) is 0 Å². The molecule has 0 atom stereocenters. The van der Waals surface area contributed by atoms with E-state index < -0.39 is 5.91 Å². The molecule has 2 rings (SSSR count). The average Bonchev–Trinajstić information content (AvgIpc) is 2.63. The first-order valence-electron chi connectivity index (χ1n) is 8.59. The minimum atomic E-state index is -0.457. The summed E-state index contributed by atoms with van der Waals surface area (Å²) in [6.07, 6.45) is 0.0891. The van der Waals surface area contributed by atoms with Crippen LogP contribution in [-0.4, -0.2) is 24.3 Å². The van der Waals surface area contributed by atoms with E-state index in [1.807, 2.05) is 0 Å². The van der Waals surface area contributed by atoms with E-state index in [-0.39, 0.29) is 30.8 Å². The van der Waals surface area contributed by atoms with Crippen molar-refractivity contribution in [2.45, 2.75) is 20.3 Å². The third kappa shape index (κ3) is 6.14. The van der Waals surface area contributed by atoms with E-state index in [2.05, 4.69) is 10.6 Å². The molecule has 27 heavy (non-hydrogen) atoms. The van der Waals surface area contributed by atoms with Crippen LogP contribution in [0.15, 0.2) is 48.5 Å². The summed E-state index contributed by atoms with van der Waals surface area (Å²) in [6.45, 7) is 3.74. The quantitative estimate of drug-likeness (QED) is 0.664. The molecule has 0 aromatic heterocycles. The molecule has 4 N–H and O–H groups in total. The molecule has 0 bridgehead atoms. The maximum absolute atomic E-state index is 12.5. The number of ether oxygens (including phenoxy) is 1. The Morgan fingerprint density at radius 3 is 2.30 bits per heavy atom. The highest BCUT2D eigenvalue weighted by atomic mass is 16.5. The van der Waals surface area contributed by atoms with Gasteiger partial charge in [0.15, 0.2) is 0 Å². The van der Waals surface area contributed by atoms with Crippen LogP contribution in [-0.2, 0) is 9.59 Å². The molecule has 0 spiro atoms. The van der Waals surface area contributed by atoms with E-state index in [0.29, 0.717) is 22.7 Å². The van der Waals surface area contributed by atoms with Gasteiger partial charge in [0.05, 0.1) is 18.7 Å². The van der Waals surface area contributed by atoms with Crippen molar-refractivity contribution >= 4 is 29.1 Å². The standard InChI is InChI=1S/C20H23N3O4/c1-13(2)19(25)22-15-9-7-14(8-10-15)20(26)23-16-5-3-4-6-17(16)27-12-11-18(21)24/h3-10,13H,11-12H2,1-2H3,(H2,21,24)(H,22,25)(H,23,26). The molecule has 2 aromatic carbocycles. The molecule has 7 heteroatoms. The SMILES string of the molecule is CC(C)C(=O)Nc1ccc(C(=O)Nc2ccccc2OCCC(N)=O)cc1. The van der Waals surface area contributed by atoms with Crippen LogP contribution in [0.2, 0.25) is 0 Å². The Morgan fingerprint density at radius 1 is 1.00 bits per heavy atom. The first-order chi connectivity index (χ1) is 12.9. The van der Waals surface area contributed by atoms with Crippen molar-refractivity contribution in [1.82, 2.24) is 0 Å². The molecule has 0 aliphatic rings. The smallest absolute Gasteiger partial charge is 0.255 e. The van der Waals surface area contributed by atoms with Gasteiger partial charge in [0, 0.05) is 17.2 Å². The zero-order chi connectivity index (χ0) is 19.8. The van der Waals surface area contributed by atoms with Gasteiger partial charge in [-0.1, -0.05) is 26.0 Å². The molecular formula is C20H23N3O4. The second kappa shape index (κ2) is 9.38. The van der Waals surface area contributed by atoms with Gasteiger partial charge in [-0.2, -0.15) is 0 Å². The monoisotopic (exact) mass is 369 g/mol. The third-order valence-electron chi connectivity index (χ3n) is 3.68.